The molecule has 1 atom stereocenters. The quantitative estimate of drug-likeness (QED) is 0.205. The van der Waals surface area contributed by atoms with Gasteiger partial charge in [-0.15, -0.1) is 0 Å². The maximum absolute atomic E-state index is 14.0. The van der Waals surface area contributed by atoms with Crippen molar-refractivity contribution in [1.29, 1.82) is 0 Å². The van der Waals surface area contributed by atoms with Crippen molar-refractivity contribution < 1.29 is 27.1 Å². The maximum Gasteiger partial charge on any atom is 0.419 e. The number of hydrogen-bond acceptors (Lipinski definition) is 7. The average Bonchev–Trinajstić information content (AvgIpc) is 3.01. The molecule has 0 fully saturated rings. The highest BCUT2D eigenvalue weighted by atomic mass is 19.4. The van der Waals surface area contributed by atoms with E-state index >= 15 is 0 Å². The number of carbonyl (C=O) groups is 1. The van der Waals surface area contributed by atoms with E-state index in [1.54, 1.807) is 55.7 Å². The molecule has 0 spiro atoms. The predicted molar refractivity (Wildman–Crippen MR) is 152 cm³/mol. The summed E-state index contributed by atoms with van der Waals surface area (Å²) in [7, 11) is 0. The number of nitrogens with zero attached hydrogens (tertiary/aromatic N) is 6. The Bertz CT molecular complexity index is 1850. The molecule has 0 N–H and O–H groups in total. The van der Waals surface area contributed by atoms with E-state index < -0.39 is 41.5 Å². The molecule has 0 saturated heterocycles. The molecular weight excluding hydrogens is 580 g/mol. The molecule has 0 aliphatic carbocycles. The van der Waals surface area contributed by atoms with Crippen LogP contribution in [-0.2, 0) is 23.9 Å². The zero-order valence-corrected chi connectivity index (χ0v) is 23.6. The first-order valence-corrected chi connectivity index (χ1v) is 13.6. The Kier molecular flexibility index (Phi) is 8.65. The highest BCUT2D eigenvalue weighted by Gasteiger charge is 2.35. The summed E-state index contributed by atoms with van der Waals surface area (Å²) < 4.78 is 61.0. The number of pyridine rings is 1. The molecule has 3 heterocycles. The molecule has 13 heteroatoms. The van der Waals surface area contributed by atoms with E-state index in [-0.39, 0.29) is 29.1 Å². The maximum atomic E-state index is 14.0. The first-order chi connectivity index (χ1) is 21.1. The zero-order chi connectivity index (χ0) is 31.4. The van der Waals surface area contributed by atoms with E-state index in [1.807, 2.05) is 6.92 Å². The third-order valence-corrected chi connectivity index (χ3v) is 6.87. The Hall–Kier alpha value is -5.20. The second kappa shape index (κ2) is 12.6. The molecule has 226 valence electrons. The number of hydrogen-bond donors (Lipinski definition) is 0. The summed E-state index contributed by atoms with van der Waals surface area (Å²) in [4.78, 5) is 46.1. The van der Waals surface area contributed by atoms with Gasteiger partial charge in [-0.2, -0.15) is 13.2 Å². The van der Waals surface area contributed by atoms with Gasteiger partial charge in [0.2, 0.25) is 5.91 Å². The zero-order valence-electron chi connectivity index (χ0n) is 23.6. The minimum Gasteiger partial charge on any atom is -0.494 e. The molecule has 0 saturated carbocycles. The number of alkyl halides is 3. The summed E-state index contributed by atoms with van der Waals surface area (Å²) in [6.07, 6.45) is 0.447. The third kappa shape index (κ3) is 6.41. The van der Waals surface area contributed by atoms with Crippen LogP contribution in [0.1, 0.15) is 42.4 Å². The SMILES string of the molecule is CCOc1ccc(-n2c(C(C)N(Cc3cccnc3)C(=O)Cc3ccc(F)c(C(F)(F)F)c3)nc3nccnc3c2=O)cc1. The lowest BCUT2D eigenvalue weighted by molar-refractivity contribution is -0.140. The number of ether oxygens (including phenoxy) is 1. The van der Waals surface area contributed by atoms with E-state index in [0.717, 1.165) is 6.07 Å². The van der Waals surface area contributed by atoms with Gasteiger partial charge in [-0.25, -0.2) is 19.3 Å². The third-order valence-electron chi connectivity index (χ3n) is 6.87. The number of aromatic nitrogens is 5. The second-order valence-corrected chi connectivity index (χ2v) is 9.81. The molecule has 0 aliphatic heterocycles. The second-order valence-electron chi connectivity index (χ2n) is 9.81. The van der Waals surface area contributed by atoms with Crippen LogP contribution in [0.4, 0.5) is 17.6 Å². The van der Waals surface area contributed by atoms with Gasteiger partial charge in [0.25, 0.3) is 5.56 Å². The van der Waals surface area contributed by atoms with Gasteiger partial charge >= 0.3 is 6.18 Å². The van der Waals surface area contributed by atoms with E-state index in [0.29, 0.717) is 35.7 Å². The molecule has 9 nitrogen and oxygen atoms in total. The lowest BCUT2D eigenvalue weighted by atomic mass is 10.1. The first-order valence-electron chi connectivity index (χ1n) is 13.6. The van der Waals surface area contributed by atoms with Crippen LogP contribution in [0.3, 0.4) is 0 Å². The molecule has 0 aliphatic rings. The number of carbonyl (C=O) groups excluding carboxylic acids is 1. The van der Waals surface area contributed by atoms with E-state index in [1.165, 1.54) is 21.9 Å². The Morgan fingerprint density at radius 1 is 1.02 bits per heavy atom. The Balaban J connectivity index is 1.62. The lowest BCUT2D eigenvalue weighted by Gasteiger charge is -2.30. The standard InChI is InChI=1S/C31H26F4N6O3/c1-3-44-23-9-7-22(8-10-23)41-29(39-28-27(30(41)43)37-13-14-38-28)19(2)40(18-21-5-4-12-36-17-21)26(42)16-20-6-11-25(32)24(15-20)31(33,34)35/h4-15,17,19H,3,16,18H2,1-2H3. The topological polar surface area (TPSA) is 103 Å². The van der Waals surface area contributed by atoms with Crippen LogP contribution in [0.15, 0.2) is 84.2 Å². The lowest BCUT2D eigenvalue weighted by Crippen LogP contribution is -2.38. The Morgan fingerprint density at radius 3 is 2.45 bits per heavy atom. The smallest absolute Gasteiger partial charge is 0.419 e. The Labute approximate surface area is 248 Å². The minimum absolute atomic E-state index is 0.00784. The van der Waals surface area contributed by atoms with Crippen molar-refractivity contribution in [2.45, 2.75) is 39.0 Å². The highest BCUT2D eigenvalue weighted by Crippen LogP contribution is 2.32. The van der Waals surface area contributed by atoms with Crippen LogP contribution in [0, 0.1) is 5.82 Å². The van der Waals surface area contributed by atoms with Crippen LogP contribution < -0.4 is 10.3 Å². The van der Waals surface area contributed by atoms with Gasteiger partial charge in [0.05, 0.1) is 30.3 Å². The van der Waals surface area contributed by atoms with Crippen molar-refractivity contribution in [3.05, 3.63) is 118 Å². The Morgan fingerprint density at radius 2 is 1.77 bits per heavy atom. The van der Waals surface area contributed by atoms with Crippen molar-refractivity contribution in [2.24, 2.45) is 0 Å². The fourth-order valence-corrected chi connectivity index (χ4v) is 4.76. The van der Waals surface area contributed by atoms with Crippen LogP contribution >= 0.6 is 0 Å². The summed E-state index contributed by atoms with van der Waals surface area (Å²) in [6.45, 7) is 3.92. The number of halogens is 4. The van der Waals surface area contributed by atoms with Crippen LogP contribution in [-0.4, -0.2) is 41.9 Å². The van der Waals surface area contributed by atoms with Gasteiger partial charge in [0.15, 0.2) is 11.2 Å². The average molecular weight is 607 g/mol. The monoisotopic (exact) mass is 606 g/mol. The van der Waals surface area contributed by atoms with Crippen LogP contribution in [0.5, 0.6) is 5.75 Å². The van der Waals surface area contributed by atoms with E-state index in [4.69, 9.17) is 4.74 Å². The van der Waals surface area contributed by atoms with Gasteiger partial charge in [0.1, 0.15) is 17.4 Å². The number of rotatable bonds is 9. The number of fused-ring (bicyclic) bond motifs is 1. The molecule has 44 heavy (non-hydrogen) atoms. The van der Waals surface area contributed by atoms with Crippen LogP contribution in [0.2, 0.25) is 0 Å². The molecule has 5 aromatic rings. The van der Waals surface area contributed by atoms with Crippen molar-refractivity contribution in [3.63, 3.8) is 0 Å². The van der Waals surface area contributed by atoms with Crippen molar-refractivity contribution in [1.82, 2.24) is 29.4 Å². The molecule has 3 aromatic heterocycles. The highest BCUT2D eigenvalue weighted by molar-refractivity contribution is 5.79. The molecule has 1 unspecified atom stereocenters. The predicted octanol–water partition coefficient (Wildman–Crippen LogP) is 5.46. The summed E-state index contributed by atoms with van der Waals surface area (Å²) in [6, 6.07) is 11.7. The molecule has 0 bridgehead atoms. The molecular formula is C31H26F4N6O3. The van der Waals surface area contributed by atoms with Gasteiger partial charge in [-0.05, 0) is 67.4 Å². The number of amides is 1. The number of benzene rings is 2. The van der Waals surface area contributed by atoms with Gasteiger partial charge in [0, 0.05) is 31.3 Å². The van der Waals surface area contributed by atoms with E-state index in [9.17, 15) is 27.2 Å². The fourth-order valence-electron chi connectivity index (χ4n) is 4.76. The summed E-state index contributed by atoms with van der Waals surface area (Å²) in [5.41, 5.74) is -0.920. The molecule has 1 amide bonds. The van der Waals surface area contributed by atoms with Crippen LogP contribution in [0.25, 0.3) is 16.9 Å². The largest absolute Gasteiger partial charge is 0.494 e. The summed E-state index contributed by atoms with van der Waals surface area (Å²) in [5.74, 6) is -1.30. The van der Waals surface area contributed by atoms with Crippen molar-refractivity contribution >= 4 is 17.1 Å². The molecule has 2 aromatic carbocycles. The minimum atomic E-state index is -4.93. The summed E-state index contributed by atoms with van der Waals surface area (Å²) in [5, 5.41) is 0. The van der Waals surface area contributed by atoms with Gasteiger partial charge in [-0.1, -0.05) is 12.1 Å². The fraction of sp³-hybridized carbons (Fsp3) is 0.226. The summed E-state index contributed by atoms with van der Waals surface area (Å²) >= 11 is 0. The van der Waals surface area contributed by atoms with Gasteiger partial charge in [-0.3, -0.25) is 19.1 Å². The first kappa shape index (κ1) is 30.3. The molecule has 5 rings (SSSR count). The van der Waals surface area contributed by atoms with Crippen molar-refractivity contribution in [2.75, 3.05) is 6.61 Å². The van der Waals surface area contributed by atoms with E-state index in [2.05, 4.69) is 19.9 Å². The molecule has 0 radical (unpaired) electrons. The normalized spacial score (nSPS) is 12.2. The van der Waals surface area contributed by atoms with Gasteiger partial charge < -0.3 is 9.64 Å². The van der Waals surface area contributed by atoms with Crippen molar-refractivity contribution in [3.8, 4) is 11.4 Å².